The smallest absolute Gasteiger partial charge is 0.152 e. The van der Waals surface area contributed by atoms with Gasteiger partial charge in [-0.2, -0.15) is 5.10 Å². The summed E-state index contributed by atoms with van der Waals surface area (Å²) in [6.07, 6.45) is 5.92. The molecule has 0 amide bonds. The zero-order valence-electron chi connectivity index (χ0n) is 13.6. The lowest BCUT2D eigenvalue weighted by atomic mass is 10.0. The number of aromatic nitrogens is 3. The summed E-state index contributed by atoms with van der Waals surface area (Å²) in [5, 5.41) is 8.86. The van der Waals surface area contributed by atoms with E-state index in [4.69, 9.17) is 11.6 Å². The molecule has 1 fully saturated rings. The average molecular weight is 342 g/mol. The Kier molecular flexibility index (Phi) is 4.02. The number of fused-ring (bicyclic) bond motifs is 1. The van der Waals surface area contributed by atoms with Crippen molar-refractivity contribution < 1.29 is 0 Å². The van der Waals surface area contributed by atoms with Crippen LogP contribution in [-0.4, -0.2) is 33.7 Å². The summed E-state index contributed by atoms with van der Waals surface area (Å²) in [6, 6.07) is 10.4. The third kappa shape index (κ3) is 2.91. The molecule has 1 unspecified atom stereocenters. The van der Waals surface area contributed by atoms with Crippen molar-refractivity contribution in [3.8, 4) is 0 Å². The van der Waals surface area contributed by atoms with E-state index in [9.17, 15) is 0 Å². The Hall–Kier alpha value is -2.27. The number of aryl methyl sites for hydroxylation is 1. The molecule has 1 aliphatic rings. The van der Waals surface area contributed by atoms with Gasteiger partial charge in [-0.3, -0.25) is 0 Å². The van der Waals surface area contributed by atoms with Crippen LogP contribution in [0.5, 0.6) is 0 Å². The van der Waals surface area contributed by atoms with Crippen molar-refractivity contribution in [3.63, 3.8) is 0 Å². The molecule has 3 aromatic rings. The summed E-state index contributed by atoms with van der Waals surface area (Å²) in [5.74, 6) is 0.893. The Morgan fingerprint density at radius 2 is 2.17 bits per heavy atom. The van der Waals surface area contributed by atoms with Crippen molar-refractivity contribution in [3.05, 3.63) is 53.4 Å². The molecule has 0 aliphatic carbocycles. The van der Waals surface area contributed by atoms with E-state index in [-0.39, 0.29) is 0 Å². The highest BCUT2D eigenvalue weighted by Gasteiger charge is 2.22. The highest BCUT2D eigenvalue weighted by atomic mass is 35.5. The van der Waals surface area contributed by atoms with Gasteiger partial charge in [0.05, 0.1) is 16.4 Å². The Morgan fingerprint density at radius 1 is 1.29 bits per heavy atom. The number of nitrogens with zero attached hydrogens (tertiary/aromatic N) is 4. The number of nitrogens with one attached hydrogen (secondary N) is 1. The molecule has 0 radical (unpaired) electrons. The zero-order valence-corrected chi connectivity index (χ0v) is 14.4. The van der Waals surface area contributed by atoms with Crippen LogP contribution in [0.4, 0.5) is 11.5 Å². The lowest BCUT2D eigenvalue weighted by Gasteiger charge is -2.35. The predicted molar refractivity (Wildman–Crippen MR) is 98.0 cm³/mol. The van der Waals surface area contributed by atoms with E-state index in [0.717, 1.165) is 53.7 Å². The number of rotatable bonds is 3. The van der Waals surface area contributed by atoms with Gasteiger partial charge in [-0.15, -0.1) is 0 Å². The quantitative estimate of drug-likeness (QED) is 0.787. The van der Waals surface area contributed by atoms with E-state index in [1.807, 2.05) is 35.8 Å². The molecule has 1 aliphatic heterocycles. The minimum Gasteiger partial charge on any atom is -0.368 e. The van der Waals surface area contributed by atoms with Crippen LogP contribution in [-0.2, 0) is 0 Å². The normalized spacial score (nSPS) is 18.1. The van der Waals surface area contributed by atoms with Gasteiger partial charge >= 0.3 is 0 Å². The van der Waals surface area contributed by atoms with Gasteiger partial charge in [0.25, 0.3) is 0 Å². The van der Waals surface area contributed by atoms with Gasteiger partial charge in [0, 0.05) is 31.5 Å². The largest absolute Gasteiger partial charge is 0.368 e. The van der Waals surface area contributed by atoms with Crippen LogP contribution in [0.25, 0.3) is 5.52 Å². The highest BCUT2D eigenvalue weighted by Crippen LogP contribution is 2.28. The molecule has 3 heterocycles. The van der Waals surface area contributed by atoms with Gasteiger partial charge in [-0.1, -0.05) is 23.7 Å². The van der Waals surface area contributed by atoms with E-state index in [1.54, 1.807) is 6.20 Å². The van der Waals surface area contributed by atoms with Crippen molar-refractivity contribution in [1.82, 2.24) is 14.6 Å². The van der Waals surface area contributed by atoms with E-state index in [0.29, 0.717) is 6.04 Å². The molecule has 0 saturated carbocycles. The van der Waals surface area contributed by atoms with Gasteiger partial charge in [0.1, 0.15) is 5.52 Å². The summed E-state index contributed by atoms with van der Waals surface area (Å²) >= 11 is 6.36. The summed E-state index contributed by atoms with van der Waals surface area (Å²) in [5.41, 5.74) is 3.12. The highest BCUT2D eigenvalue weighted by molar-refractivity contribution is 6.33. The fraction of sp³-hybridized carbons (Fsp3) is 0.333. The number of hydrogen-bond donors (Lipinski definition) is 1. The summed E-state index contributed by atoms with van der Waals surface area (Å²) in [4.78, 5) is 6.87. The number of anilines is 2. The van der Waals surface area contributed by atoms with Gasteiger partial charge in [0.15, 0.2) is 5.82 Å². The predicted octanol–water partition coefficient (Wildman–Crippen LogP) is 3.77. The topological polar surface area (TPSA) is 45.5 Å². The van der Waals surface area contributed by atoms with Crippen LogP contribution in [0.1, 0.15) is 18.5 Å². The van der Waals surface area contributed by atoms with Crippen molar-refractivity contribution in [1.29, 1.82) is 0 Å². The van der Waals surface area contributed by atoms with Crippen molar-refractivity contribution >= 4 is 28.6 Å². The van der Waals surface area contributed by atoms with Crippen molar-refractivity contribution in [2.45, 2.75) is 25.8 Å². The number of benzene rings is 1. The van der Waals surface area contributed by atoms with E-state index in [2.05, 4.69) is 32.4 Å². The van der Waals surface area contributed by atoms with E-state index >= 15 is 0 Å². The molecular formula is C18H20ClN5. The van der Waals surface area contributed by atoms with Gasteiger partial charge < -0.3 is 10.2 Å². The van der Waals surface area contributed by atoms with Gasteiger partial charge in [-0.25, -0.2) is 9.50 Å². The Labute approximate surface area is 146 Å². The maximum Gasteiger partial charge on any atom is 0.152 e. The number of halogens is 1. The molecule has 6 heteroatoms. The van der Waals surface area contributed by atoms with Crippen molar-refractivity contribution in [2.75, 3.05) is 23.3 Å². The van der Waals surface area contributed by atoms with Crippen LogP contribution in [0.3, 0.4) is 0 Å². The molecule has 1 N–H and O–H groups in total. The monoisotopic (exact) mass is 341 g/mol. The molecule has 0 spiro atoms. The lowest BCUT2D eigenvalue weighted by Crippen LogP contribution is -2.42. The molecule has 2 aromatic heterocycles. The minimum atomic E-state index is 0.337. The first-order valence-corrected chi connectivity index (χ1v) is 8.65. The van der Waals surface area contributed by atoms with Crippen LogP contribution in [0.2, 0.25) is 5.02 Å². The van der Waals surface area contributed by atoms with Crippen LogP contribution < -0.4 is 10.2 Å². The fourth-order valence-electron chi connectivity index (χ4n) is 3.37. The molecule has 1 saturated heterocycles. The summed E-state index contributed by atoms with van der Waals surface area (Å²) < 4.78 is 1.87. The molecule has 4 rings (SSSR count). The third-order valence-corrected chi connectivity index (χ3v) is 4.79. The molecule has 5 nitrogen and oxygen atoms in total. The second kappa shape index (κ2) is 6.32. The molecule has 0 bridgehead atoms. The number of hydrogen-bond acceptors (Lipinski definition) is 4. The lowest BCUT2D eigenvalue weighted by molar-refractivity contribution is 0.529. The molecule has 124 valence electrons. The van der Waals surface area contributed by atoms with Crippen LogP contribution in [0.15, 0.2) is 42.7 Å². The Bertz CT molecular complexity index is 859. The average Bonchev–Trinajstić information content (AvgIpc) is 2.97. The fourth-order valence-corrected chi connectivity index (χ4v) is 3.63. The first-order chi connectivity index (χ1) is 11.7. The van der Waals surface area contributed by atoms with Gasteiger partial charge in [0.2, 0.25) is 0 Å². The second-order valence-electron chi connectivity index (χ2n) is 6.27. The second-order valence-corrected chi connectivity index (χ2v) is 6.68. The van der Waals surface area contributed by atoms with E-state index in [1.165, 1.54) is 0 Å². The maximum absolute atomic E-state index is 6.36. The third-order valence-electron chi connectivity index (χ3n) is 4.47. The number of para-hydroxylation sites is 1. The zero-order chi connectivity index (χ0) is 16.5. The first-order valence-electron chi connectivity index (χ1n) is 8.28. The summed E-state index contributed by atoms with van der Waals surface area (Å²) in [7, 11) is 0. The maximum atomic E-state index is 6.36. The molecule has 1 aromatic carbocycles. The van der Waals surface area contributed by atoms with Crippen LogP contribution >= 0.6 is 11.6 Å². The number of piperidine rings is 1. The first kappa shape index (κ1) is 15.3. The van der Waals surface area contributed by atoms with E-state index < -0.39 is 0 Å². The molecular weight excluding hydrogens is 322 g/mol. The standard InChI is InChI=1S/C18H20ClN5/c1-13-11-17-18(20-8-10-24(17)22-13)21-14-5-4-9-23(12-14)16-7-3-2-6-15(16)19/h2-3,6-8,10-11,14H,4-5,9,12H2,1H3,(H,20,21). The van der Waals surface area contributed by atoms with Gasteiger partial charge in [-0.05, 0) is 38.0 Å². The Balaban J connectivity index is 1.55. The minimum absolute atomic E-state index is 0.337. The molecule has 24 heavy (non-hydrogen) atoms. The molecule has 1 atom stereocenters. The summed E-state index contributed by atoms with van der Waals surface area (Å²) in [6.45, 7) is 3.95. The Morgan fingerprint density at radius 3 is 3.04 bits per heavy atom. The SMILES string of the molecule is Cc1cc2c(NC3CCCN(c4ccccc4Cl)C3)nccn2n1. The van der Waals surface area contributed by atoms with Crippen LogP contribution in [0, 0.1) is 6.92 Å². The van der Waals surface area contributed by atoms with Crippen molar-refractivity contribution in [2.24, 2.45) is 0 Å².